The van der Waals surface area contributed by atoms with E-state index in [1.54, 1.807) is 18.2 Å². The number of aromatic nitrogens is 4. The van der Waals surface area contributed by atoms with Crippen molar-refractivity contribution >= 4 is 22.7 Å². The molecule has 0 spiro atoms. The quantitative estimate of drug-likeness (QED) is 0.387. The Morgan fingerprint density at radius 1 is 0.929 bits per heavy atom. The number of rotatable bonds is 6. The topological polar surface area (TPSA) is 101 Å². The van der Waals surface area contributed by atoms with E-state index < -0.39 is 0 Å². The van der Waals surface area contributed by atoms with Gasteiger partial charge in [0, 0.05) is 6.07 Å². The van der Waals surface area contributed by atoms with Gasteiger partial charge < -0.3 is 14.7 Å². The minimum absolute atomic E-state index is 0.187. The third-order valence-corrected chi connectivity index (χ3v) is 4.79. The van der Waals surface area contributed by atoms with Crippen LogP contribution < -0.4 is 15.9 Å². The van der Waals surface area contributed by atoms with Gasteiger partial charge in [0.25, 0.3) is 11.1 Å². The van der Waals surface area contributed by atoms with E-state index in [1.165, 1.54) is 17.8 Å². The van der Waals surface area contributed by atoms with Crippen LogP contribution in [0.15, 0.2) is 75.4 Å². The summed E-state index contributed by atoms with van der Waals surface area (Å²) in [6.07, 6.45) is 0. The van der Waals surface area contributed by atoms with Crippen LogP contribution in [-0.4, -0.2) is 19.9 Å². The lowest BCUT2D eigenvalue weighted by atomic mass is 10.2. The molecule has 0 bridgehead atoms. The average molecular weight is 392 g/mol. The van der Waals surface area contributed by atoms with E-state index in [1.807, 2.05) is 36.4 Å². The summed E-state index contributed by atoms with van der Waals surface area (Å²) in [5, 5.41) is 0.984. The Labute approximate surface area is 163 Å². The first-order valence-electron chi connectivity index (χ1n) is 8.56. The summed E-state index contributed by atoms with van der Waals surface area (Å²) in [5.74, 6) is 1.59. The number of nitrogens with zero attached hydrogens (tertiary/aromatic N) is 2. The van der Waals surface area contributed by atoms with Gasteiger partial charge in [-0.1, -0.05) is 42.1 Å². The maximum absolute atomic E-state index is 12.1. The lowest BCUT2D eigenvalue weighted by molar-refractivity contribution is 0.299. The number of nitrogens with one attached hydrogen (secondary N) is 2. The first-order valence-corrected chi connectivity index (χ1v) is 9.55. The van der Waals surface area contributed by atoms with Crippen molar-refractivity contribution in [2.75, 3.05) is 0 Å². The summed E-state index contributed by atoms with van der Waals surface area (Å²) < 4.78 is 5.64. The van der Waals surface area contributed by atoms with Crippen molar-refractivity contribution in [1.82, 2.24) is 19.9 Å². The molecule has 0 radical (unpaired) electrons. The normalized spacial score (nSPS) is 10.9. The third kappa shape index (κ3) is 4.29. The molecule has 4 rings (SSSR count). The van der Waals surface area contributed by atoms with Crippen LogP contribution in [0.25, 0.3) is 10.9 Å². The van der Waals surface area contributed by atoms with Gasteiger partial charge in [0.2, 0.25) is 0 Å². The molecule has 0 unspecified atom stereocenters. The molecule has 0 fully saturated rings. The molecule has 0 amide bonds. The van der Waals surface area contributed by atoms with Crippen molar-refractivity contribution in [2.45, 2.75) is 17.5 Å². The molecule has 0 atom stereocenters. The lowest BCUT2D eigenvalue weighted by Crippen LogP contribution is -2.13. The largest absolute Gasteiger partial charge is 0.487 e. The fourth-order valence-corrected chi connectivity index (χ4v) is 3.40. The second-order valence-corrected chi connectivity index (χ2v) is 6.93. The Morgan fingerprint density at radius 2 is 1.71 bits per heavy atom. The van der Waals surface area contributed by atoms with Crippen LogP contribution in [0.4, 0.5) is 0 Å². The van der Waals surface area contributed by atoms with E-state index in [-0.39, 0.29) is 17.7 Å². The van der Waals surface area contributed by atoms with Crippen molar-refractivity contribution in [1.29, 1.82) is 0 Å². The third-order valence-electron chi connectivity index (χ3n) is 3.91. The molecule has 0 saturated heterocycles. The van der Waals surface area contributed by atoms with Gasteiger partial charge in [-0.3, -0.25) is 9.59 Å². The molecule has 0 saturated carbocycles. The van der Waals surface area contributed by atoms with Crippen LogP contribution in [0.2, 0.25) is 0 Å². The van der Waals surface area contributed by atoms with Crippen molar-refractivity contribution in [3.63, 3.8) is 0 Å². The number of hydrogen-bond acceptors (Lipinski definition) is 6. The Hall–Kier alpha value is -3.39. The van der Waals surface area contributed by atoms with E-state index in [4.69, 9.17) is 4.74 Å². The van der Waals surface area contributed by atoms with Gasteiger partial charge in [-0.15, -0.1) is 0 Å². The molecular formula is C20H16N4O3S. The monoisotopic (exact) mass is 392 g/mol. The molecule has 140 valence electrons. The minimum atomic E-state index is -0.260. The van der Waals surface area contributed by atoms with Crippen LogP contribution in [0.5, 0.6) is 5.75 Å². The van der Waals surface area contributed by atoms with E-state index in [2.05, 4.69) is 19.9 Å². The first-order chi connectivity index (χ1) is 13.7. The number of aromatic amines is 2. The Kier molecular flexibility index (Phi) is 5.20. The number of hydrogen-bond donors (Lipinski definition) is 2. The number of ether oxygens (including phenoxy) is 1. The predicted molar refractivity (Wildman–Crippen MR) is 108 cm³/mol. The van der Waals surface area contributed by atoms with Gasteiger partial charge in [-0.25, -0.2) is 9.97 Å². The van der Waals surface area contributed by atoms with Gasteiger partial charge in [0.05, 0.1) is 22.3 Å². The van der Waals surface area contributed by atoms with Crippen LogP contribution in [0.1, 0.15) is 11.5 Å². The van der Waals surface area contributed by atoms with Gasteiger partial charge in [-0.05, 0) is 24.3 Å². The SMILES string of the molecule is O=c1cc(COc2ccccc2)nc(SCc2nc3ccccc3c(=O)[nH]2)[nH]1. The van der Waals surface area contributed by atoms with E-state index >= 15 is 0 Å². The number of benzene rings is 2. The number of para-hydroxylation sites is 2. The molecule has 2 aromatic carbocycles. The van der Waals surface area contributed by atoms with Crippen LogP contribution in [0, 0.1) is 0 Å². The van der Waals surface area contributed by atoms with E-state index in [0.29, 0.717) is 39.1 Å². The molecule has 0 aliphatic rings. The van der Waals surface area contributed by atoms with Crippen molar-refractivity contribution in [3.05, 3.63) is 92.9 Å². The molecular weight excluding hydrogens is 376 g/mol. The molecule has 8 heteroatoms. The van der Waals surface area contributed by atoms with Gasteiger partial charge >= 0.3 is 0 Å². The summed E-state index contributed by atoms with van der Waals surface area (Å²) in [6, 6.07) is 17.9. The number of fused-ring (bicyclic) bond motifs is 1. The van der Waals surface area contributed by atoms with Crippen LogP contribution in [-0.2, 0) is 12.4 Å². The summed E-state index contributed by atoms with van der Waals surface area (Å²) in [7, 11) is 0. The van der Waals surface area contributed by atoms with Gasteiger partial charge in [0.15, 0.2) is 5.16 Å². The maximum atomic E-state index is 12.1. The van der Waals surface area contributed by atoms with Crippen molar-refractivity contribution in [3.8, 4) is 5.75 Å². The standard InChI is InChI=1S/C20H16N4O3S/c25-18-10-13(11-27-14-6-2-1-3-7-14)21-20(24-18)28-12-17-22-16-9-5-4-8-15(16)19(26)23-17/h1-10H,11-12H2,(H,21,24,25)(H,22,23,26). The summed E-state index contributed by atoms with van der Waals surface area (Å²) in [6.45, 7) is 0.187. The highest BCUT2D eigenvalue weighted by atomic mass is 32.2. The molecule has 28 heavy (non-hydrogen) atoms. The van der Waals surface area contributed by atoms with Crippen molar-refractivity contribution < 1.29 is 4.74 Å². The highest BCUT2D eigenvalue weighted by molar-refractivity contribution is 7.98. The summed E-state index contributed by atoms with van der Waals surface area (Å²) in [5.41, 5.74) is 0.708. The molecule has 2 aromatic heterocycles. The van der Waals surface area contributed by atoms with E-state index in [9.17, 15) is 9.59 Å². The maximum Gasteiger partial charge on any atom is 0.258 e. The molecule has 0 aliphatic heterocycles. The summed E-state index contributed by atoms with van der Waals surface area (Å²) in [4.78, 5) is 38.4. The lowest BCUT2D eigenvalue weighted by Gasteiger charge is -2.07. The molecule has 4 aromatic rings. The van der Waals surface area contributed by atoms with Crippen LogP contribution >= 0.6 is 11.8 Å². The van der Waals surface area contributed by atoms with E-state index in [0.717, 1.165) is 0 Å². The Balaban J connectivity index is 1.48. The number of thioether (sulfide) groups is 1. The zero-order valence-electron chi connectivity index (χ0n) is 14.7. The second kappa shape index (κ2) is 8.10. The smallest absolute Gasteiger partial charge is 0.258 e. The zero-order valence-corrected chi connectivity index (χ0v) is 15.5. The molecule has 0 aliphatic carbocycles. The number of H-pyrrole nitrogens is 2. The fraction of sp³-hybridized carbons (Fsp3) is 0.100. The highest BCUT2D eigenvalue weighted by Crippen LogP contribution is 2.17. The first kappa shape index (κ1) is 18.0. The van der Waals surface area contributed by atoms with Crippen molar-refractivity contribution in [2.24, 2.45) is 0 Å². The predicted octanol–water partition coefficient (Wildman–Crippen LogP) is 2.88. The summed E-state index contributed by atoms with van der Waals surface area (Å²) >= 11 is 1.29. The minimum Gasteiger partial charge on any atom is -0.487 e. The zero-order chi connectivity index (χ0) is 19.3. The highest BCUT2D eigenvalue weighted by Gasteiger charge is 2.07. The second-order valence-electron chi connectivity index (χ2n) is 5.96. The molecule has 7 nitrogen and oxygen atoms in total. The Bertz CT molecular complexity index is 1220. The van der Waals surface area contributed by atoms with Gasteiger partial charge in [-0.2, -0.15) is 0 Å². The fourth-order valence-electron chi connectivity index (χ4n) is 2.64. The van der Waals surface area contributed by atoms with Gasteiger partial charge in [0.1, 0.15) is 18.2 Å². The molecule has 2 heterocycles. The average Bonchev–Trinajstić information content (AvgIpc) is 2.71. The van der Waals surface area contributed by atoms with Crippen LogP contribution in [0.3, 0.4) is 0 Å². The Morgan fingerprint density at radius 3 is 2.57 bits per heavy atom. The molecule has 2 N–H and O–H groups in total.